The van der Waals surface area contributed by atoms with Gasteiger partial charge in [-0.1, -0.05) is 31.9 Å². The second kappa shape index (κ2) is 11.3. The Morgan fingerprint density at radius 2 is 1.72 bits per heavy atom. The van der Waals surface area contributed by atoms with Gasteiger partial charge in [-0.3, -0.25) is 4.79 Å². The number of benzene rings is 1. The lowest BCUT2D eigenvalue weighted by Crippen LogP contribution is -2.42. The normalized spacial score (nSPS) is 23.1. The van der Waals surface area contributed by atoms with Crippen molar-refractivity contribution in [1.29, 1.82) is 0 Å². The number of β-amino-alcohol motifs (C(OH)–C–C–N with tert-alkyl or cyclic N) is 1. The molecule has 0 spiro atoms. The van der Waals surface area contributed by atoms with E-state index < -0.39 is 6.10 Å². The first-order valence-corrected chi connectivity index (χ1v) is 13.9. The van der Waals surface area contributed by atoms with Crippen molar-refractivity contribution < 1.29 is 14.6 Å². The molecule has 1 N–H and O–H groups in total. The van der Waals surface area contributed by atoms with Crippen LogP contribution in [0.5, 0.6) is 5.88 Å². The third kappa shape index (κ3) is 6.27. The topological polar surface area (TPSA) is 65.9 Å². The van der Waals surface area contributed by atoms with Gasteiger partial charge in [-0.25, -0.2) is 4.98 Å². The predicted molar refractivity (Wildman–Crippen MR) is 142 cm³/mol. The van der Waals surface area contributed by atoms with E-state index in [9.17, 15) is 9.90 Å². The highest BCUT2D eigenvalue weighted by Crippen LogP contribution is 2.38. The summed E-state index contributed by atoms with van der Waals surface area (Å²) >= 11 is 0. The molecule has 6 nitrogen and oxygen atoms in total. The van der Waals surface area contributed by atoms with Crippen LogP contribution in [0.2, 0.25) is 0 Å². The lowest BCUT2D eigenvalue weighted by molar-refractivity contribution is 0.0474. The Bertz CT molecular complexity index is 993. The minimum atomic E-state index is -0.410. The van der Waals surface area contributed by atoms with Crippen molar-refractivity contribution >= 4 is 5.91 Å². The number of rotatable bonds is 7. The number of aliphatic hydroxyl groups is 1. The van der Waals surface area contributed by atoms with Crippen molar-refractivity contribution in [1.82, 2.24) is 14.8 Å². The van der Waals surface area contributed by atoms with E-state index in [1.807, 2.05) is 42.6 Å². The number of nitrogens with zero attached hydrogens (tertiary/aromatic N) is 3. The summed E-state index contributed by atoms with van der Waals surface area (Å²) in [5.74, 6) is 1.26. The maximum absolute atomic E-state index is 12.7. The van der Waals surface area contributed by atoms with Crippen LogP contribution in [-0.2, 0) is 0 Å². The lowest BCUT2D eigenvalue weighted by Gasteiger charge is -2.37. The zero-order valence-electron chi connectivity index (χ0n) is 21.7. The molecule has 3 heterocycles. The van der Waals surface area contributed by atoms with E-state index in [4.69, 9.17) is 4.74 Å². The van der Waals surface area contributed by atoms with E-state index in [0.717, 1.165) is 30.6 Å². The Hall–Kier alpha value is -2.44. The molecule has 1 saturated carbocycles. The van der Waals surface area contributed by atoms with Crippen molar-refractivity contribution in [2.75, 3.05) is 39.3 Å². The van der Waals surface area contributed by atoms with E-state index in [1.54, 1.807) is 4.90 Å². The number of piperidine rings is 2. The van der Waals surface area contributed by atoms with Gasteiger partial charge in [0.1, 0.15) is 0 Å². The number of pyridine rings is 1. The lowest BCUT2D eigenvalue weighted by atomic mass is 9.87. The fraction of sp³-hybridized carbons (Fsp3) is 0.600. The smallest absolute Gasteiger partial charge is 0.253 e. The first-order chi connectivity index (χ1) is 17.5. The fourth-order valence-corrected chi connectivity index (χ4v) is 6.20. The summed E-state index contributed by atoms with van der Waals surface area (Å²) in [5, 5.41) is 9.86. The molecule has 3 aliphatic rings. The summed E-state index contributed by atoms with van der Waals surface area (Å²) in [4.78, 5) is 21.7. The molecule has 1 atom stereocenters. The van der Waals surface area contributed by atoms with Crippen LogP contribution < -0.4 is 4.74 Å². The number of carbonyl (C=O) groups is 1. The highest BCUT2D eigenvalue weighted by molar-refractivity contribution is 5.94. The third-order valence-electron chi connectivity index (χ3n) is 8.48. The van der Waals surface area contributed by atoms with E-state index >= 15 is 0 Å². The number of hydrogen-bond acceptors (Lipinski definition) is 5. The van der Waals surface area contributed by atoms with Gasteiger partial charge in [0.15, 0.2) is 0 Å². The average Bonchev–Trinajstić information content (AvgIpc) is 3.34. The van der Waals surface area contributed by atoms with Crippen LogP contribution in [0.1, 0.15) is 68.6 Å². The van der Waals surface area contributed by atoms with Crippen LogP contribution in [-0.4, -0.2) is 71.2 Å². The van der Waals surface area contributed by atoms with Gasteiger partial charge in [0.05, 0.1) is 12.7 Å². The zero-order valence-corrected chi connectivity index (χ0v) is 21.7. The molecule has 2 saturated heterocycles. The van der Waals surface area contributed by atoms with Gasteiger partial charge in [-0.05, 0) is 86.7 Å². The number of amides is 1. The number of carbonyl (C=O) groups excluding carboxylic acids is 1. The van der Waals surface area contributed by atoms with E-state index in [1.165, 1.54) is 58.2 Å². The van der Waals surface area contributed by atoms with Gasteiger partial charge in [0.2, 0.25) is 5.88 Å². The predicted octanol–water partition coefficient (Wildman–Crippen LogP) is 5.02. The molecule has 3 fully saturated rings. The Labute approximate surface area is 215 Å². The van der Waals surface area contributed by atoms with Crippen LogP contribution in [0.15, 0.2) is 42.6 Å². The Morgan fingerprint density at radius 3 is 2.39 bits per heavy atom. The number of ether oxygens (including phenoxy) is 1. The summed E-state index contributed by atoms with van der Waals surface area (Å²) in [6.07, 6.45) is 11.1. The third-order valence-corrected chi connectivity index (χ3v) is 8.48. The Morgan fingerprint density at radius 1 is 1.00 bits per heavy atom. The molecule has 1 amide bonds. The Balaban J connectivity index is 1.08. The molecule has 0 bridgehead atoms. The summed E-state index contributed by atoms with van der Waals surface area (Å²) in [6, 6.07) is 11.6. The minimum absolute atomic E-state index is 0.0132. The quantitative estimate of drug-likeness (QED) is 0.589. The number of aliphatic hydroxyl groups excluding tert-OH is 1. The van der Waals surface area contributed by atoms with Gasteiger partial charge in [-0.2, -0.15) is 0 Å². The van der Waals surface area contributed by atoms with E-state index in [0.29, 0.717) is 35.9 Å². The molecule has 36 heavy (non-hydrogen) atoms. The van der Waals surface area contributed by atoms with E-state index in [2.05, 4.69) is 16.8 Å². The molecule has 1 aromatic carbocycles. The molecule has 5 rings (SSSR count). The first kappa shape index (κ1) is 25.2. The average molecular weight is 492 g/mol. The van der Waals surface area contributed by atoms with Crippen molar-refractivity contribution in [3.63, 3.8) is 0 Å². The van der Waals surface area contributed by atoms with Crippen LogP contribution in [0, 0.1) is 11.3 Å². The number of likely N-dealkylation sites (tertiary alicyclic amines) is 2. The SMILES string of the molecule is CC1(CN2CCC(COc3ccc(-c4ccc(C(=O)N5CCC[C@@H](O)C5)cc4)cn3)CC2)CCCC1. The molecule has 2 aliphatic heterocycles. The van der Waals surface area contributed by atoms with E-state index in [-0.39, 0.29) is 5.91 Å². The monoisotopic (exact) mass is 491 g/mol. The molecule has 0 unspecified atom stereocenters. The summed E-state index contributed by atoms with van der Waals surface area (Å²) in [6.45, 7) is 7.98. The summed E-state index contributed by atoms with van der Waals surface area (Å²) < 4.78 is 6.05. The van der Waals surface area contributed by atoms with Crippen molar-refractivity contribution in [2.45, 2.75) is 64.4 Å². The highest BCUT2D eigenvalue weighted by atomic mass is 16.5. The van der Waals surface area contributed by atoms with Gasteiger partial charge in [0, 0.05) is 43.0 Å². The van der Waals surface area contributed by atoms with Crippen LogP contribution in [0.25, 0.3) is 11.1 Å². The van der Waals surface area contributed by atoms with Crippen molar-refractivity contribution in [2.24, 2.45) is 11.3 Å². The number of hydrogen-bond donors (Lipinski definition) is 1. The molecule has 1 aliphatic carbocycles. The maximum Gasteiger partial charge on any atom is 0.253 e. The van der Waals surface area contributed by atoms with Gasteiger partial charge < -0.3 is 19.6 Å². The summed E-state index contributed by atoms with van der Waals surface area (Å²) in [5.41, 5.74) is 3.22. The van der Waals surface area contributed by atoms with Gasteiger partial charge >= 0.3 is 0 Å². The fourth-order valence-electron chi connectivity index (χ4n) is 6.20. The van der Waals surface area contributed by atoms with Crippen LogP contribution in [0.4, 0.5) is 0 Å². The first-order valence-electron chi connectivity index (χ1n) is 13.9. The standard InChI is InChI=1S/C30H41N3O3/c1-30(14-2-3-15-30)22-32-17-12-23(13-18-32)21-36-28-11-10-26(19-31-28)24-6-8-25(9-7-24)29(35)33-16-4-5-27(34)20-33/h6-11,19,23,27,34H,2-5,12-18,20-22H2,1H3/t27-/m1/s1. The largest absolute Gasteiger partial charge is 0.477 e. The van der Waals surface area contributed by atoms with Crippen LogP contribution in [0.3, 0.4) is 0 Å². The molecule has 0 radical (unpaired) electrons. The number of aromatic nitrogens is 1. The maximum atomic E-state index is 12.7. The minimum Gasteiger partial charge on any atom is -0.477 e. The highest BCUT2D eigenvalue weighted by Gasteiger charge is 2.32. The van der Waals surface area contributed by atoms with Gasteiger partial charge in [0.25, 0.3) is 5.91 Å². The molecule has 194 valence electrons. The second-order valence-electron chi connectivity index (χ2n) is 11.6. The zero-order chi connectivity index (χ0) is 25.0. The second-order valence-corrected chi connectivity index (χ2v) is 11.6. The van der Waals surface area contributed by atoms with Crippen molar-refractivity contribution in [3.05, 3.63) is 48.2 Å². The summed E-state index contributed by atoms with van der Waals surface area (Å²) in [7, 11) is 0. The van der Waals surface area contributed by atoms with Crippen LogP contribution >= 0.6 is 0 Å². The molecule has 6 heteroatoms. The molecule has 1 aromatic heterocycles. The Kier molecular flexibility index (Phi) is 7.92. The molecular weight excluding hydrogens is 450 g/mol. The molecular formula is C30H41N3O3. The van der Waals surface area contributed by atoms with Crippen molar-refractivity contribution in [3.8, 4) is 17.0 Å². The molecule has 2 aromatic rings. The van der Waals surface area contributed by atoms with Gasteiger partial charge in [-0.15, -0.1) is 0 Å².